The Morgan fingerprint density at radius 1 is 1.29 bits per heavy atom. The van der Waals surface area contributed by atoms with Gasteiger partial charge < -0.3 is 9.64 Å². The Labute approximate surface area is 104 Å². The molecule has 0 amide bonds. The van der Waals surface area contributed by atoms with Crippen LogP contribution in [0, 0.1) is 0 Å². The van der Waals surface area contributed by atoms with E-state index in [0.29, 0.717) is 0 Å². The van der Waals surface area contributed by atoms with Crippen LogP contribution in [0.15, 0.2) is 24.4 Å². The summed E-state index contributed by atoms with van der Waals surface area (Å²) < 4.78 is 5.83. The first-order chi connectivity index (χ1) is 8.36. The molecule has 1 unspecified atom stereocenters. The van der Waals surface area contributed by atoms with E-state index in [1.54, 1.807) is 0 Å². The number of hydrogen-bond acceptors (Lipinski definition) is 3. The van der Waals surface area contributed by atoms with Crippen molar-refractivity contribution in [2.24, 2.45) is 0 Å². The van der Waals surface area contributed by atoms with Crippen molar-refractivity contribution in [3.05, 3.63) is 30.1 Å². The second kappa shape index (κ2) is 6.72. The molecule has 0 aliphatic carbocycles. The summed E-state index contributed by atoms with van der Waals surface area (Å²) in [5.41, 5.74) is 1.02. The predicted octanol–water partition coefficient (Wildman–Crippen LogP) is 2.65. The Morgan fingerprint density at radius 2 is 2.12 bits per heavy atom. The van der Waals surface area contributed by atoms with Crippen LogP contribution in [0.3, 0.4) is 0 Å². The minimum atomic E-state index is 0.0981. The van der Waals surface area contributed by atoms with Crippen molar-refractivity contribution in [3.63, 3.8) is 0 Å². The molecule has 1 aliphatic rings. The first-order valence-electron chi connectivity index (χ1n) is 6.61. The minimum Gasteiger partial charge on any atom is -0.371 e. The highest BCUT2D eigenvalue weighted by atomic mass is 16.5. The molecule has 0 radical (unpaired) electrons. The van der Waals surface area contributed by atoms with Gasteiger partial charge in [0, 0.05) is 12.7 Å². The van der Waals surface area contributed by atoms with Gasteiger partial charge in [0.05, 0.1) is 18.4 Å². The van der Waals surface area contributed by atoms with Gasteiger partial charge in [-0.05, 0) is 45.0 Å². The molecule has 0 aromatic carbocycles. The van der Waals surface area contributed by atoms with Gasteiger partial charge in [-0.25, -0.2) is 0 Å². The van der Waals surface area contributed by atoms with E-state index in [9.17, 15) is 0 Å². The van der Waals surface area contributed by atoms with E-state index in [1.165, 1.54) is 32.4 Å². The van der Waals surface area contributed by atoms with E-state index < -0.39 is 0 Å². The summed E-state index contributed by atoms with van der Waals surface area (Å²) in [5.74, 6) is 0. The molecule has 0 N–H and O–H groups in total. The summed E-state index contributed by atoms with van der Waals surface area (Å²) in [5, 5.41) is 0. The smallest absolute Gasteiger partial charge is 0.0967 e. The number of ether oxygens (including phenoxy) is 1. The fourth-order valence-corrected chi connectivity index (χ4v) is 2.24. The van der Waals surface area contributed by atoms with E-state index >= 15 is 0 Å². The van der Waals surface area contributed by atoms with Gasteiger partial charge in [-0.1, -0.05) is 12.5 Å². The molecule has 1 fully saturated rings. The molecule has 1 aromatic heterocycles. The molecule has 0 saturated carbocycles. The zero-order valence-electron chi connectivity index (χ0n) is 10.6. The Kier molecular flexibility index (Phi) is 4.95. The van der Waals surface area contributed by atoms with Crippen molar-refractivity contribution in [1.82, 2.24) is 9.88 Å². The van der Waals surface area contributed by atoms with Crippen LogP contribution < -0.4 is 0 Å². The average Bonchev–Trinajstić information content (AvgIpc) is 2.41. The van der Waals surface area contributed by atoms with Gasteiger partial charge in [-0.15, -0.1) is 0 Å². The summed E-state index contributed by atoms with van der Waals surface area (Å²) in [6, 6.07) is 5.96. The highest BCUT2D eigenvalue weighted by molar-refractivity contribution is 5.05. The third-order valence-electron chi connectivity index (χ3n) is 3.33. The van der Waals surface area contributed by atoms with Gasteiger partial charge in [0.15, 0.2) is 0 Å². The van der Waals surface area contributed by atoms with Gasteiger partial charge in [-0.2, -0.15) is 0 Å². The predicted molar refractivity (Wildman–Crippen MR) is 68.9 cm³/mol. The van der Waals surface area contributed by atoms with E-state index in [2.05, 4.69) is 16.8 Å². The van der Waals surface area contributed by atoms with Crippen molar-refractivity contribution < 1.29 is 4.74 Å². The Morgan fingerprint density at radius 3 is 2.82 bits per heavy atom. The number of piperidine rings is 1. The van der Waals surface area contributed by atoms with E-state index in [-0.39, 0.29) is 6.10 Å². The highest BCUT2D eigenvalue weighted by Gasteiger charge is 2.11. The summed E-state index contributed by atoms with van der Waals surface area (Å²) in [4.78, 5) is 6.80. The molecule has 17 heavy (non-hydrogen) atoms. The molecule has 94 valence electrons. The van der Waals surface area contributed by atoms with Crippen LogP contribution in [-0.2, 0) is 4.74 Å². The van der Waals surface area contributed by atoms with E-state index in [0.717, 1.165) is 18.8 Å². The standard InChI is InChI=1S/C14H22N2O/c1-13(14-7-3-4-8-15-14)17-12-11-16-9-5-2-6-10-16/h3-4,7-8,13H,2,5-6,9-12H2,1H3. The third-order valence-corrected chi connectivity index (χ3v) is 3.33. The lowest BCUT2D eigenvalue weighted by molar-refractivity contribution is 0.0419. The maximum atomic E-state index is 5.83. The monoisotopic (exact) mass is 234 g/mol. The number of rotatable bonds is 5. The zero-order chi connectivity index (χ0) is 11.9. The number of pyridine rings is 1. The highest BCUT2D eigenvalue weighted by Crippen LogP contribution is 2.13. The molecular formula is C14H22N2O. The molecule has 1 saturated heterocycles. The van der Waals surface area contributed by atoms with Crippen molar-refractivity contribution in [2.75, 3.05) is 26.2 Å². The molecule has 3 nitrogen and oxygen atoms in total. The SMILES string of the molecule is CC(OCCN1CCCCC1)c1ccccn1. The Bertz CT molecular complexity index is 309. The Hall–Kier alpha value is -0.930. The first kappa shape index (κ1) is 12.5. The minimum absolute atomic E-state index is 0.0981. The average molecular weight is 234 g/mol. The van der Waals surface area contributed by atoms with Crippen molar-refractivity contribution in [2.45, 2.75) is 32.3 Å². The largest absolute Gasteiger partial charge is 0.371 e. The fraction of sp³-hybridized carbons (Fsp3) is 0.643. The number of nitrogens with zero attached hydrogens (tertiary/aromatic N) is 2. The molecule has 0 spiro atoms. The number of likely N-dealkylation sites (tertiary alicyclic amines) is 1. The van der Waals surface area contributed by atoms with E-state index in [4.69, 9.17) is 4.74 Å². The lowest BCUT2D eigenvalue weighted by Gasteiger charge is -2.26. The van der Waals surface area contributed by atoms with Gasteiger partial charge in [0.25, 0.3) is 0 Å². The van der Waals surface area contributed by atoms with Gasteiger partial charge in [-0.3, -0.25) is 4.98 Å². The quantitative estimate of drug-likeness (QED) is 0.783. The number of hydrogen-bond donors (Lipinski definition) is 0. The lowest BCUT2D eigenvalue weighted by atomic mass is 10.1. The van der Waals surface area contributed by atoms with Crippen molar-refractivity contribution in [1.29, 1.82) is 0 Å². The normalized spacial score (nSPS) is 19.1. The Balaban J connectivity index is 1.67. The van der Waals surface area contributed by atoms with Crippen LogP contribution in [0.2, 0.25) is 0 Å². The second-order valence-electron chi connectivity index (χ2n) is 4.67. The van der Waals surface area contributed by atoms with Gasteiger partial charge in [0.1, 0.15) is 0 Å². The summed E-state index contributed by atoms with van der Waals surface area (Å²) in [7, 11) is 0. The van der Waals surface area contributed by atoms with Crippen LogP contribution in [0.1, 0.15) is 38.0 Å². The summed E-state index contributed by atoms with van der Waals surface area (Å²) >= 11 is 0. The van der Waals surface area contributed by atoms with Gasteiger partial charge >= 0.3 is 0 Å². The molecule has 1 aliphatic heterocycles. The maximum absolute atomic E-state index is 5.83. The van der Waals surface area contributed by atoms with Crippen LogP contribution >= 0.6 is 0 Å². The molecule has 0 bridgehead atoms. The second-order valence-corrected chi connectivity index (χ2v) is 4.67. The maximum Gasteiger partial charge on any atom is 0.0967 e. The zero-order valence-corrected chi connectivity index (χ0v) is 10.6. The third kappa shape index (κ3) is 4.10. The van der Waals surface area contributed by atoms with Crippen molar-refractivity contribution in [3.8, 4) is 0 Å². The lowest BCUT2D eigenvalue weighted by Crippen LogP contribution is -2.32. The molecule has 1 aromatic rings. The van der Waals surface area contributed by atoms with Crippen molar-refractivity contribution >= 4 is 0 Å². The summed E-state index contributed by atoms with van der Waals surface area (Å²) in [6.45, 7) is 6.40. The molecule has 3 heteroatoms. The fourth-order valence-electron chi connectivity index (χ4n) is 2.24. The van der Waals surface area contributed by atoms with Crippen LogP contribution in [0.4, 0.5) is 0 Å². The topological polar surface area (TPSA) is 25.4 Å². The molecule has 1 atom stereocenters. The van der Waals surface area contributed by atoms with E-state index in [1.807, 2.05) is 24.4 Å². The van der Waals surface area contributed by atoms with Crippen LogP contribution in [0.25, 0.3) is 0 Å². The summed E-state index contributed by atoms with van der Waals surface area (Å²) in [6.07, 6.45) is 5.99. The van der Waals surface area contributed by atoms with Crippen LogP contribution in [0.5, 0.6) is 0 Å². The van der Waals surface area contributed by atoms with Gasteiger partial charge in [0.2, 0.25) is 0 Å². The number of aromatic nitrogens is 1. The molecular weight excluding hydrogens is 212 g/mol. The van der Waals surface area contributed by atoms with Crippen LogP contribution in [-0.4, -0.2) is 36.1 Å². The molecule has 2 heterocycles. The molecule has 2 rings (SSSR count). The first-order valence-corrected chi connectivity index (χ1v) is 6.61.